The topological polar surface area (TPSA) is 167 Å². The van der Waals surface area contributed by atoms with Crippen LogP contribution >= 0.6 is 0 Å². The third-order valence-corrected chi connectivity index (χ3v) is 13.4. The number of fused-ring (bicyclic) bond motifs is 3. The fourth-order valence-corrected chi connectivity index (χ4v) is 8.75. The number of likely N-dealkylation sites (tertiary alicyclic amines) is 1. The predicted octanol–water partition coefficient (Wildman–Crippen LogP) is 6.17. The van der Waals surface area contributed by atoms with Crippen molar-refractivity contribution in [3.05, 3.63) is 66.2 Å². The average molecular weight is 795 g/mol. The molecule has 16 heteroatoms. The van der Waals surface area contributed by atoms with Crippen molar-refractivity contribution in [3.8, 4) is 17.3 Å². The zero-order chi connectivity index (χ0) is 40.0. The van der Waals surface area contributed by atoms with Crippen LogP contribution in [0.25, 0.3) is 33.3 Å². The number of ether oxygens (including phenoxy) is 1. The predicted molar refractivity (Wildman–Crippen MR) is 203 cm³/mol. The molecule has 3 aliphatic rings. The first-order chi connectivity index (χ1) is 26.6. The van der Waals surface area contributed by atoms with Crippen LogP contribution in [0.2, 0.25) is 0 Å². The smallest absolute Gasteiger partial charge is 0.416 e. The van der Waals surface area contributed by atoms with Gasteiger partial charge < -0.3 is 19.9 Å². The number of carbonyl (C=O) groups excluding carboxylic acids is 3. The number of carbonyl (C=O) groups is 3. The van der Waals surface area contributed by atoms with E-state index in [-0.39, 0.29) is 54.4 Å². The maximum Gasteiger partial charge on any atom is 0.416 e. The molecular formula is C40H45F3N6O6S. The summed E-state index contributed by atoms with van der Waals surface area (Å²) < 4.78 is 75.2. The van der Waals surface area contributed by atoms with Gasteiger partial charge in [0, 0.05) is 36.8 Å². The van der Waals surface area contributed by atoms with Crippen LogP contribution in [0, 0.1) is 11.8 Å². The number of alkyl halides is 3. The van der Waals surface area contributed by atoms with Crippen LogP contribution in [-0.2, 0) is 37.6 Å². The number of aromatic nitrogens is 3. The second-order valence-electron chi connectivity index (χ2n) is 15.5. The van der Waals surface area contributed by atoms with Gasteiger partial charge in [-0.25, -0.2) is 13.4 Å². The van der Waals surface area contributed by atoms with Crippen molar-refractivity contribution < 1.29 is 40.7 Å². The molecule has 3 fully saturated rings. The number of sulfonamides is 1. The van der Waals surface area contributed by atoms with Gasteiger partial charge in [-0.15, -0.1) is 0 Å². The van der Waals surface area contributed by atoms with Crippen molar-refractivity contribution in [3.63, 3.8) is 0 Å². The lowest BCUT2D eigenvalue weighted by molar-refractivity contribution is -0.137. The highest BCUT2D eigenvalue weighted by Gasteiger charge is 2.52. The highest BCUT2D eigenvalue weighted by Crippen LogP contribution is 2.44. The molecule has 3 amide bonds. The SMILES string of the molecule is Cn1c2ccccc2c2c(O[C@@H]3C[C@@H](C(N)=O)N(C(=O)CCCCCC/C=C\[C@@H]4C[C@@H]4C(=O)NS(=O)(=O)C4(C)CC4)C3)nc(-c3cccc(C(F)(F)F)c3)nc21. The largest absolute Gasteiger partial charge is 0.472 e. The molecule has 2 aromatic heterocycles. The maximum atomic E-state index is 13.6. The number of nitrogens with two attached hydrogens (primary N) is 1. The van der Waals surface area contributed by atoms with E-state index in [0.29, 0.717) is 36.7 Å². The molecule has 298 valence electrons. The number of allylic oxidation sites excluding steroid dienone is 2. The normalized spacial score (nSPS) is 21.8. The van der Waals surface area contributed by atoms with Crippen molar-refractivity contribution in [1.29, 1.82) is 0 Å². The van der Waals surface area contributed by atoms with Crippen molar-refractivity contribution >= 4 is 49.7 Å². The van der Waals surface area contributed by atoms with Crippen LogP contribution in [0.4, 0.5) is 13.2 Å². The molecule has 7 rings (SSSR count). The highest BCUT2D eigenvalue weighted by atomic mass is 32.2. The summed E-state index contributed by atoms with van der Waals surface area (Å²) in [7, 11) is -1.83. The molecule has 1 aliphatic heterocycles. The lowest BCUT2D eigenvalue weighted by atomic mass is 10.1. The third kappa shape index (κ3) is 8.11. The Hall–Kier alpha value is -4.99. The number of halogens is 3. The number of hydrogen-bond donors (Lipinski definition) is 2. The summed E-state index contributed by atoms with van der Waals surface area (Å²) in [5, 5.41) is 1.34. The minimum Gasteiger partial charge on any atom is -0.472 e. The molecule has 0 radical (unpaired) electrons. The van der Waals surface area contributed by atoms with Gasteiger partial charge in [-0.05, 0) is 69.6 Å². The number of unbranched alkanes of at least 4 members (excludes halogenated alkanes) is 4. The van der Waals surface area contributed by atoms with Crippen molar-refractivity contribution in [2.24, 2.45) is 24.6 Å². The molecule has 1 saturated heterocycles. The Labute approximate surface area is 322 Å². The van der Waals surface area contributed by atoms with E-state index in [1.165, 1.54) is 17.0 Å². The summed E-state index contributed by atoms with van der Waals surface area (Å²) in [4.78, 5) is 49.1. The van der Waals surface area contributed by atoms with Gasteiger partial charge in [0.15, 0.2) is 5.82 Å². The number of nitrogens with one attached hydrogen (secondary N) is 1. The van der Waals surface area contributed by atoms with Gasteiger partial charge in [0.1, 0.15) is 17.8 Å². The molecule has 2 saturated carbocycles. The van der Waals surface area contributed by atoms with Gasteiger partial charge in [0.2, 0.25) is 33.6 Å². The second kappa shape index (κ2) is 15.2. The fraction of sp³-hybridized carbons (Fsp3) is 0.475. The number of aryl methyl sites for hydroxylation is 1. The number of para-hydroxylation sites is 1. The van der Waals surface area contributed by atoms with E-state index in [9.17, 15) is 36.0 Å². The van der Waals surface area contributed by atoms with Crippen molar-refractivity contribution in [1.82, 2.24) is 24.2 Å². The minimum atomic E-state index is -4.56. The molecule has 2 aliphatic carbocycles. The standard InChI is InChI=1S/C40H45F3N6O6S/c1-39(18-19-39)56(53,54)47-37(52)29-21-24(29)12-7-5-3-4-6-8-17-32(50)49-23-27(22-31(49)34(44)51)55-38-33-28-15-9-10-16-30(28)48(2)36(33)45-35(46-38)25-13-11-14-26(20-25)40(41,42)43/h7,9-16,20,24,27,29,31H,3-6,8,17-19,21-23H2,1-2H3,(H2,44,51)(H,47,52)/b12-7-/t24-,27-,29+,31+/m1/s1. The molecular weight excluding hydrogens is 750 g/mol. The molecule has 4 aromatic rings. The molecule has 0 unspecified atom stereocenters. The Morgan fingerprint density at radius 2 is 1.79 bits per heavy atom. The molecule has 4 atom stereocenters. The van der Waals surface area contributed by atoms with E-state index < -0.39 is 50.5 Å². The van der Waals surface area contributed by atoms with Crippen LogP contribution in [0.15, 0.2) is 60.7 Å². The summed E-state index contributed by atoms with van der Waals surface area (Å²) in [6.07, 6.45) is 4.84. The van der Waals surface area contributed by atoms with Crippen molar-refractivity contribution in [2.75, 3.05) is 6.54 Å². The van der Waals surface area contributed by atoms with Gasteiger partial charge in [0.05, 0.1) is 27.8 Å². The van der Waals surface area contributed by atoms with Gasteiger partial charge >= 0.3 is 6.18 Å². The number of benzene rings is 2. The molecule has 0 bridgehead atoms. The number of rotatable bonds is 15. The molecule has 3 N–H and O–H groups in total. The van der Waals surface area contributed by atoms with Crippen LogP contribution in [0.1, 0.15) is 76.7 Å². The molecule has 2 aromatic carbocycles. The van der Waals surface area contributed by atoms with E-state index in [1.807, 2.05) is 41.0 Å². The quantitative estimate of drug-likeness (QED) is 0.107. The maximum absolute atomic E-state index is 13.6. The van der Waals surface area contributed by atoms with Crippen LogP contribution in [0.3, 0.4) is 0 Å². The summed E-state index contributed by atoms with van der Waals surface area (Å²) in [5.74, 6) is -1.40. The summed E-state index contributed by atoms with van der Waals surface area (Å²) >= 11 is 0. The first kappa shape index (κ1) is 39.3. The van der Waals surface area contributed by atoms with Crippen molar-refractivity contribution in [2.45, 2.75) is 94.2 Å². The van der Waals surface area contributed by atoms with Crippen LogP contribution < -0.4 is 15.2 Å². The Kier molecular flexibility index (Phi) is 10.6. The number of primary amides is 1. The summed E-state index contributed by atoms with van der Waals surface area (Å²) in [6, 6.07) is 11.3. The van der Waals surface area contributed by atoms with E-state index in [0.717, 1.165) is 48.7 Å². The van der Waals surface area contributed by atoms with Crippen LogP contribution in [-0.4, -0.2) is 69.0 Å². The van der Waals surface area contributed by atoms with Gasteiger partial charge in [-0.2, -0.15) is 18.2 Å². The third-order valence-electron chi connectivity index (χ3n) is 11.3. The Balaban J connectivity index is 0.944. The van der Waals surface area contributed by atoms with Gasteiger partial charge in [-0.3, -0.25) is 19.1 Å². The first-order valence-electron chi connectivity index (χ1n) is 19.0. The van der Waals surface area contributed by atoms with Gasteiger partial charge in [-0.1, -0.05) is 55.3 Å². The molecule has 56 heavy (non-hydrogen) atoms. The Bertz CT molecular complexity index is 2320. The summed E-state index contributed by atoms with van der Waals surface area (Å²) in [5.41, 5.74) is 6.33. The molecule has 3 heterocycles. The number of amides is 3. The fourth-order valence-electron chi connectivity index (χ4n) is 7.45. The lowest BCUT2D eigenvalue weighted by Crippen LogP contribution is -2.43. The first-order valence-corrected chi connectivity index (χ1v) is 20.5. The molecule has 0 spiro atoms. The monoisotopic (exact) mass is 794 g/mol. The van der Waals surface area contributed by atoms with E-state index >= 15 is 0 Å². The number of nitrogens with zero attached hydrogens (tertiary/aromatic N) is 4. The second-order valence-corrected chi connectivity index (χ2v) is 17.6. The van der Waals surface area contributed by atoms with Crippen LogP contribution in [0.5, 0.6) is 5.88 Å². The van der Waals surface area contributed by atoms with E-state index in [4.69, 9.17) is 10.5 Å². The highest BCUT2D eigenvalue weighted by molar-refractivity contribution is 7.91. The van der Waals surface area contributed by atoms with E-state index in [2.05, 4.69) is 14.7 Å². The zero-order valence-electron chi connectivity index (χ0n) is 31.2. The summed E-state index contributed by atoms with van der Waals surface area (Å²) in [6.45, 7) is 1.73. The number of hydrogen-bond acceptors (Lipinski definition) is 8. The minimum absolute atomic E-state index is 0.0350. The van der Waals surface area contributed by atoms with Gasteiger partial charge in [0.25, 0.3) is 0 Å². The molecule has 12 nitrogen and oxygen atoms in total. The lowest BCUT2D eigenvalue weighted by Gasteiger charge is -2.22. The van der Waals surface area contributed by atoms with E-state index in [1.54, 1.807) is 14.0 Å². The Morgan fingerprint density at radius 3 is 2.52 bits per heavy atom. The Morgan fingerprint density at radius 1 is 1.04 bits per heavy atom. The zero-order valence-corrected chi connectivity index (χ0v) is 32.0. The average Bonchev–Trinajstić information content (AvgIpc) is 4.05.